The van der Waals surface area contributed by atoms with E-state index in [0.717, 1.165) is 18.2 Å². The number of sulfonamides is 1. The summed E-state index contributed by atoms with van der Waals surface area (Å²) < 4.78 is 26.3. The second kappa shape index (κ2) is 5.31. The lowest BCUT2D eigenvalue weighted by molar-refractivity contribution is 0.0693. The molecule has 0 bridgehead atoms. The summed E-state index contributed by atoms with van der Waals surface area (Å²) in [5.74, 6) is -1.90. The molecule has 1 heterocycles. The summed E-state index contributed by atoms with van der Waals surface area (Å²) in [6.45, 7) is -0.00832. The van der Waals surface area contributed by atoms with E-state index in [1.165, 1.54) is 12.5 Å². The average molecular weight is 297 g/mol. The highest BCUT2D eigenvalue weighted by atomic mass is 32.2. The molecule has 2 rings (SSSR count). The Morgan fingerprint density at radius 2 is 2.15 bits per heavy atom. The molecule has 0 fully saturated rings. The SMILES string of the molecule is O=C(O)c1cc(S(=O)(=O)NCc2cnc[nH]2)ccc1O. The topological polar surface area (TPSA) is 132 Å². The van der Waals surface area contributed by atoms with Crippen molar-refractivity contribution in [2.75, 3.05) is 0 Å². The number of phenols is 1. The summed E-state index contributed by atoms with van der Waals surface area (Å²) in [5, 5.41) is 18.2. The molecule has 9 heteroatoms. The lowest BCUT2D eigenvalue weighted by Gasteiger charge is -2.07. The van der Waals surface area contributed by atoms with Crippen LogP contribution in [0, 0.1) is 0 Å². The molecule has 2 aromatic rings. The largest absolute Gasteiger partial charge is 0.507 e. The minimum absolute atomic E-state index is 0.00832. The molecule has 1 aromatic heterocycles. The van der Waals surface area contributed by atoms with Gasteiger partial charge in [-0.3, -0.25) is 0 Å². The molecular formula is C11H11N3O5S. The van der Waals surface area contributed by atoms with E-state index in [4.69, 9.17) is 5.11 Å². The number of carbonyl (C=O) groups is 1. The lowest BCUT2D eigenvalue weighted by atomic mass is 10.2. The number of nitrogens with one attached hydrogen (secondary N) is 2. The highest BCUT2D eigenvalue weighted by Crippen LogP contribution is 2.21. The van der Waals surface area contributed by atoms with Gasteiger partial charge in [0.1, 0.15) is 11.3 Å². The van der Waals surface area contributed by atoms with Gasteiger partial charge in [-0.05, 0) is 18.2 Å². The quantitative estimate of drug-likeness (QED) is 0.627. The standard InChI is InChI=1S/C11H11N3O5S/c15-10-2-1-8(3-9(10)11(16)17)20(18,19)14-5-7-4-12-6-13-7/h1-4,6,14-15H,5H2,(H,12,13)(H,16,17). The van der Waals surface area contributed by atoms with E-state index in [9.17, 15) is 18.3 Å². The summed E-state index contributed by atoms with van der Waals surface area (Å²) in [7, 11) is -3.88. The summed E-state index contributed by atoms with van der Waals surface area (Å²) >= 11 is 0. The molecule has 106 valence electrons. The third-order valence-electron chi connectivity index (χ3n) is 2.52. The third kappa shape index (κ3) is 2.95. The molecule has 20 heavy (non-hydrogen) atoms. The van der Waals surface area contributed by atoms with Crippen molar-refractivity contribution in [3.8, 4) is 5.75 Å². The number of aromatic hydroxyl groups is 1. The van der Waals surface area contributed by atoms with Crippen LogP contribution in [0.15, 0.2) is 35.6 Å². The van der Waals surface area contributed by atoms with Gasteiger partial charge in [0.05, 0.1) is 17.8 Å². The Labute approximate surface area is 114 Å². The van der Waals surface area contributed by atoms with Crippen molar-refractivity contribution in [1.82, 2.24) is 14.7 Å². The maximum absolute atomic E-state index is 12.0. The number of aromatic amines is 1. The van der Waals surface area contributed by atoms with Crippen LogP contribution in [0.1, 0.15) is 16.1 Å². The van der Waals surface area contributed by atoms with E-state index in [0.29, 0.717) is 5.69 Å². The molecule has 8 nitrogen and oxygen atoms in total. The predicted octanol–water partition coefficient (Wildman–Crippen LogP) is 0.292. The molecule has 0 aliphatic heterocycles. The first-order chi connectivity index (χ1) is 9.40. The highest BCUT2D eigenvalue weighted by Gasteiger charge is 2.18. The van der Waals surface area contributed by atoms with Crippen LogP contribution in [-0.2, 0) is 16.6 Å². The number of H-pyrrole nitrogens is 1. The number of imidazole rings is 1. The lowest BCUT2D eigenvalue weighted by Crippen LogP contribution is -2.23. The van der Waals surface area contributed by atoms with Crippen LogP contribution in [-0.4, -0.2) is 34.6 Å². The second-order valence-electron chi connectivity index (χ2n) is 3.89. The van der Waals surface area contributed by atoms with Crippen molar-refractivity contribution in [2.24, 2.45) is 0 Å². The zero-order chi connectivity index (χ0) is 14.8. The van der Waals surface area contributed by atoms with Crippen LogP contribution in [0.4, 0.5) is 0 Å². The number of carboxylic acid groups (broad SMARTS) is 1. The Morgan fingerprint density at radius 3 is 2.75 bits per heavy atom. The first-order valence-corrected chi connectivity index (χ1v) is 6.91. The molecule has 0 aliphatic carbocycles. The van der Waals surface area contributed by atoms with Gasteiger partial charge < -0.3 is 15.2 Å². The molecule has 0 spiro atoms. The van der Waals surface area contributed by atoms with Crippen LogP contribution in [0.3, 0.4) is 0 Å². The highest BCUT2D eigenvalue weighted by molar-refractivity contribution is 7.89. The van der Waals surface area contributed by atoms with Crippen LogP contribution >= 0.6 is 0 Å². The predicted molar refractivity (Wildman–Crippen MR) is 67.7 cm³/mol. The summed E-state index contributed by atoms with van der Waals surface area (Å²) in [6.07, 6.45) is 2.87. The zero-order valence-corrected chi connectivity index (χ0v) is 10.9. The maximum atomic E-state index is 12.0. The Morgan fingerprint density at radius 1 is 1.40 bits per heavy atom. The van der Waals surface area contributed by atoms with Crippen LogP contribution < -0.4 is 4.72 Å². The van der Waals surface area contributed by atoms with Gasteiger partial charge in [-0.25, -0.2) is 22.9 Å². The first kappa shape index (κ1) is 14.0. The van der Waals surface area contributed by atoms with Gasteiger partial charge >= 0.3 is 5.97 Å². The molecule has 0 atom stereocenters. The molecule has 0 saturated heterocycles. The average Bonchev–Trinajstić information content (AvgIpc) is 2.89. The number of hydrogen-bond acceptors (Lipinski definition) is 5. The minimum Gasteiger partial charge on any atom is -0.507 e. The molecule has 4 N–H and O–H groups in total. The van der Waals surface area contributed by atoms with Crippen molar-refractivity contribution in [3.05, 3.63) is 42.0 Å². The van der Waals surface area contributed by atoms with Crippen LogP contribution in [0.5, 0.6) is 5.75 Å². The fourth-order valence-corrected chi connectivity index (χ4v) is 2.52. The van der Waals surface area contributed by atoms with E-state index >= 15 is 0 Å². The molecule has 0 aliphatic rings. The Balaban J connectivity index is 2.25. The van der Waals surface area contributed by atoms with E-state index in [2.05, 4.69) is 14.7 Å². The van der Waals surface area contributed by atoms with Crippen molar-refractivity contribution in [1.29, 1.82) is 0 Å². The minimum atomic E-state index is -3.88. The van der Waals surface area contributed by atoms with Gasteiger partial charge in [-0.1, -0.05) is 0 Å². The van der Waals surface area contributed by atoms with E-state index in [1.54, 1.807) is 0 Å². The number of aromatic carboxylic acids is 1. The summed E-state index contributed by atoms with van der Waals surface area (Å²) in [5.41, 5.74) is 0.0835. The van der Waals surface area contributed by atoms with Gasteiger partial charge in [-0.2, -0.15) is 0 Å². The van der Waals surface area contributed by atoms with Gasteiger partial charge in [-0.15, -0.1) is 0 Å². The fraction of sp³-hybridized carbons (Fsp3) is 0.0909. The molecule has 1 aromatic carbocycles. The normalized spacial score (nSPS) is 11.4. The van der Waals surface area contributed by atoms with Crippen molar-refractivity contribution >= 4 is 16.0 Å². The Hall–Kier alpha value is -2.39. The first-order valence-electron chi connectivity index (χ1n) is 5.43. The number of carboxylic acids is 1. The Kier molecular flexibility index (Phi) is 3.72. The Bertz CT molecular complexity index is 725. The molecule has 0 amide bonds. The monoisotopic (exact) mass is 297 g/mol. The third-order valence-corrected chi connectivity index (χ3v) is 3.92. The van der Waals surface area contributed by atoms with Gasteiger partial charge in [0.15, 0.2) is 0 Å². The van der Waals surface area contributed by atoms with E-state index in [1.807, 2.05) is 0 Å². The van der Waals surface area contributed by atoms with Crippen LogP contribution in [0.25, 0.3) is 0 Å². The molecule has 0 unspecified atom stereocenters. The fourth-order valence-electron chi connectivity index (χ4n) is 1.49. The van der Waals surface area contributed by atoms with Gasteiger partial charge in [0.25, 0.3) is 0 Å². The number of aromatic nitrogens is 2. The smallest absolute Gasteiger partial charge is 0.339 e. The van der Waals surface area contributed by atoms with Crippen molar-refractivity contribution in [2.45, 2.75) is 11.4 Å². The zero-order valence-electron chi connectivity index (χ0n) is 10.1. The number of benzene rings is 1. The number of nitrogens with zero attached hydrogens (tertiary/aromatic N) is 1. The van der Waals surface area contributed by atoms with Gasteiger partial charge in [0, 0.05) is 11.9 Å². The maximum Gasteiger partial charge on any atom is 0.339 e. The van der Waals surface area contributed by atoms with E-state index < -0.39 is 27.3 Å². The van der Waals surface area contributed by atoms with Crippen molar-refractivity contribution in [3.63, 3.8) is 0 Å². The van der Waals surface area contributed by atoms with Crippen molar-refractivity contribution < 1.29 is 23.4 Å². The summed E-state index contributed by atoms with van der Waals surface area (Å²) in [4.78, 5) is 17.1. The van der Waals surface area contributed by atoms with Crippen LogP contribution in [0.2, 0.25) is 0 Å². The summed E-state index contributed by atoms with van der Waals surface area (Å²) in [6, 6.07) is 3.04. The number of rotatable bonds is 5. The molecule has 0 radical (unpaired) electrons. The van der Waals surface area contributed by atoms with Gasteiger partial charge in [0.2, 0.25) is 10.0 Å². The molecular weight excluding hydrogens is 286 g/mol. The second-order valence-corrected chi connectivity index (χ2v) is 5.65. The van der Waals surface area contributed by atoms with E-state index in [-0.39, 0.29) is 11.4 Å². The molecule has 0 saturated carbocycles. The number of hydrogen-bond donors (Lipinski definition) is 4.